The van der Waals surface area contributed by atoms with Gasteiger partial charge in [0.1, 0.15) is 0 Å². The first-order chi connectivity index (χ1) is 7.84. The molecule has 0 amide bonds. The largest absolute Gasteiger partial charge is 0.241 e. The number of aromatic nitrogens is 2. The Balaban J connectivity index is 1.95. The Kier molecular flexibility index (Phi) is 1.87. The summed E-state index contributed by atoms with van der Waals surface area (Å²) in [5.41, 5.74) is 2.36. The van der Waals surface area contributed by atoms with Crippen LogP contribution in [0.25, 0.3) is 5.69 Å². The molecule has 1 aliphatic carbocycles. The molecule has 0 aliphatic heterocycles. The van der Waals surface area contributed by atoms with E-state index in [-0.39, 0.29) is 5.41 Å². The van der Waals surface area contributed by atoms with Crippen molar-refractivity contribution >= 4 is 0 Å². The molecule has 1 aliphatic rings. The molecule has 3 rings (SSSR count). The van der Waals surface area contributed by atoms with Crippen molar-refractivity contribution in [3.63, 3.8) is 0 Å². The molecule has 2 nitrogen and oxygen atoms in total. The van der Waals surface area contributed by atoms with Gasteiger partial charge in [-0.15, -0.1) is 6.42 Å². The minimum absolute atomic E-state index is 0.0304. The molecule has 16 heavy (non-hydrogen) atoms. The number of benzene rings is 1. The van der Waals surface area contributed by atoms with Gasteiger partial charge in [-0.3, -0.25) is 0 Å². The van der Waals surface area contributed by atoms with Crippen LogP contribution in [0, 0.1) is 12.3 Å². The fraction of sp³-hybridized carbons (Fsp3) is 0.214. The average molecular weight is 208 g/mol. The van der Waals surface area contributed by atoms with Crippen LogP contribution in [0.5, 0.6) is 0 Å². The molecule has 2 heteroatoms. The van der Waals surface area contributed by atoms with E-state index in [0.29, 0.717) is 0 Å². The molecule has 0 saturated heterocycles. The van der Waals surface area contributed by atoms with Crippen molar-refractivity contribution in [2.45, 2.75) is 18.3 Å². The van der Waals surface area contributed by atoms with Crippen molar-refractivity contribution in [2.24, 2.45) is 0 Å². The molecule has 2 aromatic rings. The van der Waals surface area contributed by atoms with Crippen molar-refractivity contribution in [2.75, 3.05) is 0 Å². The molecule has 0 atom stereocenters. The third kappa shape index (κ3) is 1.33. The lowest BCUT2D eigenvalue weighted by Gasteiger charge is -2.08. The van der Waals surface area contributed by atoms with E-state index in [2.05, 4.69) is 35.3 Å². The molecule has 1 heterocycles. The van der Waals surface area contributed by atoms with Gasteiger partial charge in [0, 0.05) is 12.4 Å². The monoisotopic (exact) mass is 208 g/mol. The van der Waals surface area contributed by atoms with Gasteiger partial charge in [0.2, 0.25) is 0 Å². The van der Waals surface area contributed by atoms with E-state index >= 15 is 0 Å². The lowest BCUT2D eigenvalue weighted by molar-refractivity contribution is 0.873. The van der Waals surface area contributed by atoms with Crippen molar-refractivity contribution in [1.29, 1.82) is 0 Å². The summed E-state index contributed by atoms with van der Waals surface area (Å²) in [6.45, 7) is 0. The Labute approximate surface area is 94.9 Å². The average Bonchev–Trinajstić information content (AvgIpc) is 2.96. The van der Waals surface area contributed by atoms with Crippen molar-refractivity contribution in [3.05, 3.63) is 48.3 Å². The van der Waals surface area contributed by atoms with Gasteiger partial charge >= 0.3 is 0 Å². The number of hydrogen-bond donors (Lipinski definition) is 0. The molecule has 0 spiro atoms. The highest BCUT2D eigenvalue weighted by Gasteiger charge is 2.42. The van der Waals surface area contributed by atoms with E-state index in [1.807, 2.05) is 16.9 Å². The molecular weight excluding hydrogens is 196 g/mol. The standard InChI is InChI=1S/C14H12N2/c1-2-14(8-9-14)12-4-6-13(7-5-12)16-11-3-10-15-16/h1,3-7,10-11H,8-9H2. The predicted octanol–water partition coefficient (Wildman–Crippen LogP) is 2.54. The van der Waals surface area contributed by atoms with Gasteiger partial charge in [-0.25, -0.2) is 4.68 Å². The minimum atomic E-state index is 0.0304. The van der Waals surface area contributed by atoms with E-state index in [1.54, 1.807) is 6.20 Å². The fourth-order valence-electron chi connectivity index (χ4n) is 2.00. The first-order valence-electron chi connectivity index (χ1n) is 5.42. The van der Waals surface area contributed by atoms with Crippen LogP contribution < -0.4 is 0 Å². The quantitative estimate of drug-likeness (QED) is 0.693. The SMILES string of the molecule is C#CC1(c2ccc(-n3cccn3)cc2)CC1. The molecule has 1 fully saturated rings. The summed E-state index contributed by atoms with van der Waals surface area (Å²) in [6, 6.07) is 10.3. The zero-order valence-corrected chi connectivity index (χ0v) is 8.93. The summed E-state index contributed by atoms with van der Waals surface area (Å²) in [6.07, 6.45) is 11.5. The second-order valence-electron chi connectivity index (χ2n) is 4.22. The van der Waals surface area contributed by atoms with E-state index in [0.717, 1.165) is 18.5 Å². The molecular formula is C14H12N2. The number of terminal acetylenes is 1. The van der Waals surface area contributed by atoms with E-state index in [4.69, 9.17) is 6.42 Å². The second-order valence-corrected chi connectivity index (χ2v) is 4.22. The van der Waals surface area contributed by atoms with Crippen molar-refractivity contribution in [1.82, 2.24) is 9.78 Å². The second kappa shape index (κ2) is 3.24. The zero-order chi connectivity index (χ0) is 11.0. The highest BCUT2D eigenvalue weighted by Crippen LogP contribution is 2.47. The van der Waals surface area contributed by atoms with Crippen LogP contribution in [-0.4, -0.2) is 9.78 Å². The van der Waals surface area contributed by atoms with E-state index in [9.17, 15) is 0 Å². The van der Waals surface area contributed by atoms with Gasteiger partial charge in [0.15, 0.2) is 0 Å². The number of nitrogens with zero attached hydrogens (tertiary/aromatic N) is 2. The van der Waals surface area contributed by atoms with Gasteiger partial charge in [0.05, 0.1) is 11.1 Å². The lowest BCUT2D eigenvalue weighted by Crippen LogP contribution is -2.03. The first-order valence-corrected chi connectivity index (χ1v) is 5.42. The number of hydrogen-bond acceptors (Lipinski definition) is 1. The molecule has 1 saturated carbocycles. The Bertz CT molecular complexity index is 525. The maximum Gasteiger partial charge on any atom is 0.0645 e. The lowest BCUT2D eigenvalue weighted by atomic mass is 9.97. The summed E-state index contributed by atoms with van der Waals surface area (Å²) >= 11 is 0. The minimum Gasteiger partial charge on any atom is -0.241 e. The number of rotatable bonds is 2. The van der Waals surface area contributed by atoms with Gasteiger partial charge in [-0.2, -0.15) is 5.10 Å². The summed E-state index contributed by atoms with van der Waals surface area (Å²) < 4.78 is 1.85. The van der Waals surface area contributed by atoms with Crippen molar-refractivity contribution < 1.29 is 0 Å². The maximum absolute atomic E-state index is 5.57. The van der Waals surface area contributed by atoms with Crippen LogP contribution >= 0.6 is 0 Å². The molecule has 0 bridgehead atoms. The topological polar surface area (TPSA) is 17.8 Å². The van der Waals surface area contributed by atoms with Gasteiger partial charge in [-0.05, 0) is 36.6 Å². The summed E-state index contributed by atoms with van der Waals surface area (Å²) in [5.74, 6) is 2.90. The van der Waals surface area contributed by atoms with Crippen LogP contribution in [0.2, 0.25) is 0 Å². The van der Waals surface area contributed by atoms with Gasteiger partial charge in [-0.1, -0.05) is 18.1 Å². The Hall–Kier alpha value is -2.01. The third-order valence-corrected chi connectivity index (χ3v) is 3.22. The van der Waals surface area contributed by atoms with Crippen LogP contribution in [-0.2, 0) is 5.41 Å². The molecule has 78 valence electrons. The van der Waals surface area contributed by atoms with Crippen LogP contribution in [0.1, 0.15) is 18.4 Å². The summed E-state index contributed by atoms with van der Waals surface area (Å²) in [7, 11) is 0. The molecule has 0 N–H and O–H groups in total. The third-order valence-electron chi connectivity index (χ3n) is 3.22. The molecule has 1 aromatic heterocycles. The maximum atomic E-state index is 5.57. The van der Waals surface area contributed by atoms with E-state index in [1.165, 1.54) is 5.56 Å². The summed E-state index contributed by atoms with van der Waals surface area (Å²) in [4.78, 5) is 0. The zero-order valence-electron chi connectivity index (χ0n) is 8.93. The van der Waals surface area contributed by atoms with E-state index < -0.39 is 0 Å². The first kappa shape index (κ1) is 9.23. The van der Waals surface area contributed by atoms with Gasteiger partial charge < -0.3 is 0 Å². The Morgan fingerprint density at radius 1 is 1.25 bits per heavy atom. The highest BCUT2D eigenvalue weighted by atomic mass is 15.3. The fourth-order valence-corrected chi connectivity index (χ4v) is 2.00. The smallest absolute Gasteiger partial charge is 0.0645 e. The molecule has 1 aromatic carbocycles. The summed E-state index contributed by atoms with van der Waals surface area (Å²) in [5, 5.41) is 4.19. The Morgan fingerprint density at radius 3 is 2.50 bits per heavy atom. The normalized spacial score (nSPS) is 16.7. The van der Waals surface area contributed by atoms with Crippen LogP contribution in [0.3, 0.4) is 0 Å². The molecule has 0 unspecified atom stereocenters. The molecule has 0 radical (unpaired) electrons. The van der Waals surface area contributed by atoms with Crippen molar-refractivity contribution in [3.8, 4) is 18.0 Å². The highest BCUT2D eigenvalue weighted by molar-refractivity contribution is 5.44. The van der Waals surface area contributed by atoms with Crippen LogP contribution in [0.4, 0.5) is 0 Å². The van der Waals surface area contributed by atoms with Crippen LogP contribution in [0.15, 0.2) is 42.7 Å². The predicted molar refractivity (Wildman–Crippen MR) is 63.3 cm³/mol. The Morgan fingerprint density at radius 2 is 2.00 bits per heavy atom. The van der Waals surface area contributed by atoms with Gasteiger partial charge in [0.25, 0.3) is 0 Å².